The highest BCUT2D eigenvalue weighted by Gasteiger charge is 2.28. The van der Waals surface area contributed by atoms with Gasteiger partial charge in [-0.15, -0.1) is 0 Å². The van der Waals surface area contributed by atoms with Crippen LogP contribution in [-0.2, 0) is 13.1 Å². The number of hydrogen-bond acceptors (Lipinski definition) is 4. The quantitative estimate of drug-likeness (QED) is 0.626. The summed E-state index contributed by atoms with van der Waals surface area (Å²) in [5.41, 5.74) is 1.09. The molecular weight excluding hydrogens is 428 g/mol. The lowest BCUT2D eigenvalue weighted by Gasteiger charge is -2.37. The van der Waals surface area contributed by atoms with Crippen molar-refractivity contribution in [3.63, 3.8) is 0 Å². The molecule has 0 bridgehead atoms. The standard InChI is InChI=1S/C25H33F2N3O3/c1-17(2)33-22-8-6-18(24(14-22)32-4)15-28-25(31)30(21-9-11-29(3)12-10-21)16-19-5-7-20(26)13-23(19)27/h5-8,13-14,17,21H,9-12,15-16H2,1-4H3,(H,28,31). The topological polar surface area (TPSA) is 54.0 Å². The molecular formula is C25H33F2N3O3. The van der Waals surface area contributed by atoms with Crippen molar-refractivity contribution in [3.8, 4) is 11.5 Å². The van der Waals surface area contributed by atoms with Crippen LogP contribution in [0.5, 0.6) is 11.5 Å². The summed E-state index contributed by atoms with van der Waals surface area (Å²) in [6.07, 6.45) is 1.62. The summed E-state index contributed by atoms with van der Waals surface area (Å²) in [5.74, 6) is 0.0206. The number of amides is 2. The first-order chi connectivity index (χ1) is 15.8. The van der Waals surface area contributed by atoms with Crippen LogP contribution in [-0.4, -0.2) is 55.2 Å². The lowest BCUT2D eigenvalue weighted by molar-refractivity contribution is 0.126. The Morgan fingerprint density at radius 2 is 1.85 bits per heavy atom. The molecule has 1 heterocycles. The monoisotopic (exact) mass is 461 g/mol. The molecule has 0 radical (unpaired) electrons. The van der Waals surface area contributed by atoms with Crippen LogP contribution in [0.25, 0.3) is 0 Å². The lowest BCUT2D eigenvalue weighted by atomic mass is 10.0. The summed E-state index contributed by atoms with van der Waals surface area (Å²) >= 11 is 0. The fraction of sp³-hybridized carbons (Fsp3) is 0.480. The second kappa shape index (κ2) is 11.3. The molecule has 33 heavy (non-hydrogen) atoms. The second-order valence-electron chi connectivity index (χ2n) is 8.70. The Labute approximate surface area is 194 Å². The summed E-state index contributed by atoms with van der Waals surface area (Å²) in [7, 11) is 3.61. The molecule has 0 aliphatic carbocycles. The van der Waals surface area contributed by atoms with Crippen LogP contribution in [0.1, 0.15) is 37.8 Å². The van der Waals surface area contributed by atoms with Crippen molar-refractivity contribution >= 4 is 6.03 Å². The highest BCUT2D eigenvalue weighted by atomic mass is 19.1. The van der Waals surface area contributed by atoms with E-state index in [9.17, 15) is 13.6 Å². The third-order valence-electron chi connectivity index (χ3n) is 5.81. The summed E-state index contributed by atoms with van der Waals surface area (Å²) in [6.45, 7) is 5.92. The summed E-state index contributed by atoms with van der Waals surface area (Å²) in [4.78, 5) is 17.1. The molecule has 180 valence electrons. The molecule has 0 aromatic heterocycles. The van der Waals surface area contributed by atoms with Crippen LogP contribution in [0, 0.1) is 11.6 Å². The second-order valence-corrected chi connectivity index (χ2v) is 8.70. The lowest BCUT2D eigenvalue weighted by Crippen LogP contribution is -2.49. The molecule has 2 aromatic rings. The number of urea groups is 1. The SMILES string of the molecule is COc1cc(OC(C)C)ccc1CNC(=O)N(Cc1ccc(F)cc1F)C1CCN(C)CC1. The van der Waals surface area contributed by atoms with E-state index in [4.69, 9.17) is 9.47 Å². The molecule has 1 aliphatic rings. The molecule has 1 fully saturated rings. The van der Waals surface area contributed by atoms with Crippen LogP contribution in [0.15, 0.2) is 36.4 Å². The number of ether oxygens (including phenoxy) is 2. The van der Waals surface area contributed by atoms with Crippen LogP contribution < -0.4 is 14.8 Å². The fourth-order valence-corrected chi connectivity index (χ4v) is 4.00. The van der Waals surface area contributed by atoms with Gasteiger partial charge in [0.2, 0.25) is 0 Å². The van der Waals surface area contributed by atoms with Gasteiger partial charge < -0.3 is 24.6 Å². The van der Waals surface area contributed by atoms with E-state index in [1.54, 1.807) is 18.1 Å². The smallest absolute Gasteiger partial charge is 0.318 e. The Kier molecular flexibility index (Phi) is 8.49. The molecule has 0 unspecified atom stereocenters. The first-order valence-corrected chi connectivity index (χ1v) is 11.3. The van der Waals surface area contributed by atoms with Crippen LogP contribution in [0.3, 0.4) is 0 Å². The number of rotatable bonds is 8. The van der Waals surface area contributed by atoms with Crippen LogP contribution in [0.2, 0.25) is 0 Å². The first-order valence-electron chi connectivity index (χ1n) is 11.3. The number of nitrogens with one attached hydrogen (secondary N) is 1. The van der Waals surface area contributed by atoms with E-state index >= 15 is 0 Å². The van der Waals surface area contributed by atoms with Gasteiger partial charge in [-0.2, -0.15) is 0 Å². The number of hydrogen-bond donors (Lipinski definition) is 1. The van der Waals surface area contributed by atoms with E-state index < -0.39 is 11.6 Å². The molecule has 2 aromatic carbocycles. The molecule has 3 rings (SSSR count). The number of carbonyl (C=O) groups excluding carboxylic acids is 1. The number of nitrogens with zero attached hydrogens (tertiary/aromatic N) is 2. The number of likely N-dealkylation sites (tertiary alicyclic amines) is 1. The van der Waals surface area contributed by atoms with Crippen molar-refractivity contribution < 1.29 is 23.0 Å². The van der Waals surface area contributed by atoms with Gasteiger partial charge in [-0.3, -0.25) is 0 Å². The summed E-state index contributed by atoms with van der Waals surface area (Å²) in [5, 5.41) is 2.95. The molecule has 1 N–H and O–H groups in total. The third-order valence-corrected chi connectivity index (χ3v) is 5.81. The molecule has 2 amide bonds. The predicted octanol–water partition coefficient (Wildman–Crippen LogP) is 4.57. The van der Waals surface area contributed by atoms with Gasteiger partial charge in [0.15, 0.2) is 0 Å². The molecule has 6 nitrogen and oxygen atoms in total. The van der Waals surface area contributed by atoms with Gasteiger partial charge in [-0.1, -0.05) is 6.07 Å². The Morgan fingerprint density at radius 3 is 2.48 bits per heavy atom. The fourth-order valence-electron chi connectivity index (χ4n) is 4.00. The van der Waals surface area contributed by atoms with Gasteiger partial charge in [-0.05, 0) is 65.0 Å². The van der Waals surface area contributed by atoms with Gasteiger partial charge in [0, 0.05) is 35.8 Å². The number of halogens is 2. The molecule has 1 saturated heterocycles. The van der Waals surface area contributed by atoms with Crippen LogP contribution in [0.4, 0.5) is 13.6 Å². The van der Waals surface area contributed by atoms with Gasteiger partial charge in [0.25, 0.3) is 0 Å². The maximum Gasteiger partial charge on any atom is 0.318 e. The molecule has 1 aliphatic heterocycles. The van der Waals surface area contributed by atoms with E-state index in [0.29, 0.717) is 17.1 Å². The molecule has 0 saturated carbocycles. The highest BCUT2D eigenvalue weighted by molar-refractivity contribution is 5.74. The number of carbonyl (C=O) groups is 1. The third kappa shape index (κ3) is 6.81. The zero-order valence-electron chi connectivity index (χ0n) is 19.7. The van der Waals surface area contributed by atoms with Crippen molar-refractivity contribution in [1.29, 1.82) is 0 Å². The number of methoxy groups -OCH3 is 1. The van der Waals surface area contributed by atoms with Gasteiger partial charge in [0.05, 0.1) is 19.8 Å². The average Bonchev–Trinajstić information content (AvgIpc) is 2.78. The number of piperidine rings is 1. The minimum Gasteiger partial charge on any atom is -0.496 e. The van der Waals surface area contributed by atoms with Gasteiger partial charge in [-0.25, -0.2) is 13.6 Å². The van der Waals surface area contributed by atoms with E-state index in [-0.39, 0.29) is 31.3 Å². The van der Waals surface area contributed by atoms with Gasteiger partial charge >= 0.3 is 6.03 Å². The van der Waals surface area contributed by atoms with Crippen molar-refractivity contribution in [2.24, 2.45) is 0 Å². The largest absolute Gasteiger partial charge is 0.496 e. The maximum atomic E-state index is 14.3. The van der Waals surface area contributed by atoms with E-state index in [1.807, 2.05) is 33.0 Å². The van der Waals surface area contributed by atoms with E-state index in [2.05, 4.69) is 10.2 Å². The highest BCUT2D eigenvalue weighted by Crippen LogP contribution is 2.26. The summed E-state index contributed by atoms with van der Waals surface area (Å²) in [6, 6.07) is 8.64. The molecule has 0 atom stereocenters. The normalized spacial score (nSPS) is 14.9. The van der Waals surface area contributed by atoms with Crippen molar-refractivity contribution in [2.45, 2.75) is 51.9 Å². The zero-order valence-corrected chi connectivity index (χ0v) is 19.7. The Morgan fingerprint density at radius 1 is 1.15 bits per heavy atom. The summed E-state index contributed by atoms with van der Waals surface area (Å²) < 4.78 is 38.9. The van der Waals surface area contributed by atoms with Crippen LogP contribution >= 0.6 is 0 Å². The predicted molar refractivity (Wildman–Crippen MR) is 123 cm³/mol. The van der Waals surface area contributed by atoms with Crippen molar-refractivity contribution in [3.05, 3.63) is 59.2 Å². The van der Waals surface area contributed by atoms with E-state index in [1.165, 1.54) is 12.1 Å². The minimum absolute atomic E-state index is 0.0330. The minimum atomic E-state index is -0.650. The van der Waals surface area contributed by atoms with E-state index in [0.717, 1.165) is 37.6 Å². The number of benzene rings is 2. The molecule has 8 heteroatoms. The molecule has 0 spiro atoms. The van der Waals surface area contributed by atoms with Crippen molar-refractivity contribution in [2.75, 3.05) is 27.2 Å². The first kappa shape index (κ1) is 24.8. The van der Waals surface area contributed by atoms with Crippen molar-refractivity contribution in [1.82, 2.24) is 15.1 Å². The zero-order chi connectivity index (χ0) is 24.0. The Hall–Kier alpha value is -2.87. The van der Waals surface area contributed by atoms with Gasteiger partial charge in [0.1, 0.15) is 23.1 Å². The Bertz CT molecular complexity index is 946. The Balaban J connectivity index is 1.74. The maximum absolute atomic E-state index is 14.3. The average molecular weight is 462 g/mol.